The van der Waals surface area contributed by atoms with Gasteiger partial charge in [-0.1, -0.05) is 36.8 Å². The summed E-state index contributed by atoms with van der Waals surface area (Å²) < 4.78 is 5.33. The molecule has 23 heavy (non-hydrogen) atoms. The monoisotopic (exact) mass is 316 g/mol. The van der Waals surface area contributed by atoms with Gasteiger partial charge >= 0.3 is 0 Å². The van der Waals surface area contributed by atoms with Crippen LogP contribution in [0.4, 0.5) is 0 Å². The van der Waals surface area contributed by atoms with Crippen LogP contribution in [-0.2, 0) is 16.0 Å². The first kappa shape index (κ1) is 16.5. The second-order valence-corrected chi connectivity index (χ2v) is 6.82. The fourth-order valence-corrected chi connectivity index (χ4v) is 3.81. The lowest BCUT2D eigenvalue weighted by Gasteiger charge is -2.25. The van der Waals surface area contributed by atoms with E-state index in [9.17, 15) is 4.79 Å². The molecule has 3 rings (SSSR count). The van der Waals surface area contributed by atoms with Crippen molar-refractivity contribution in [3.63, 3.8) is 0 Å². The molecule has 4 nitrogen and oxygen atoms in total. The predicted molar refractivity (Wildman–Crippen MR) is 91.3 cm³/mol. The Balaban J connectivity index is 1.42. The van der Waals surface area contributed by atoms with Gasteiger partial charge in [-0.3, -0.25) is 4.79 Å². The van der Waals surface area contributed by atoms with E-state index < -0.39 is 0 Å². The summed E-state index contributed by atoms with van der Waals surface area (Å²) in [6.07, 6.45) is 6.69. The molecule has 1 aliphatic heterocycles. The van der Waals surface area contributed by atoms with Crippen molar-refractivity contribution in [1.29, 1.82) is 0 Å². The summed E-state index contributed by atoms with van der Waals surface area (Å²) >= 11 is 0. The van der Waals surface area contributed by atoms with Crippen molar-refractivity contribution in [2.75, 3.05) is 19.8 Å². The minimum Gasteiger partial charge on any atom is -0.381 e. The molecule has 1 saturated carbocycles. The summed E-state index contributed by atoms with van der Waals surface area (Å²) in [5.74, 6) is 0.774. The first-order valence-electron chi connectivity index (χ1n) is 8.95. The second-order valence-electron chi connectivity index (χ2n) is 6.82. The highest BCUT2D eigenvalue weighted by Gasteiger charge is 2.27. The molecule has 0 bridgehead atoms. The Morgan fingerprint density at radius 3 is 2.65 bits per heavy atom. The van der Waals surface area contributed by atoms with Gasteiger partial charge in [0, 0.05) is 25.3 Å². The van der Waals surface area contributed by atoms with Gasteiger partial charge in [-0.2, -0.15) is 0 Å². The lowest BCUT2D eigenvalue weighted by atomic mass is 9.94. The molecule has 2 N–H and O–H groups in total. The molecule has 2 fully saturated rings. The number of carbonyl (C=O) groups is 1. The van der Waals surface area contributed by atoms with Crippen LogP contribution in [0.3, 0.4) is 0 Å². The third-order valence-electron chi connectivity index (χ3n) is 5.11. The van der Waals surface area contributed by atoms with E-state index in [4.69, 9.17) is 4.74 Å². The van der Waals surface area contributed by atoms with E-state index in [0.717, 1.165) is 32.5 Å². The highest BCUT2D eigenvalue weighted by molar-refractivity contribution is 5.78. The van der Waals surface area contributed by atoms with E-state index in [1.807, 2.05) is 0 Å². The normalized spacial score (nSPS) is 25.4. The Labute approximate surface area is 139 Å². The molecule has 0 unspecified atom stereocenters. The number of hydrogen-bond acceptors (Lipinski definition) is 3. The smallest absolute Gasteiger partial charge is 0.234 e. The van der Waals surface area contributed by atoms with Crippen molar-refractivity contribution in [3.05, 3.63) is 35.9 Å². The zero-order chi connectivity index (χ0) is 15.9. The first-order chi connectivity index (χ1) is 11.3. The second kappa shape index (κ2) is 8.46. The number of benzene rings is 1. The van der Waals surface area contributed by atoms with Gasteiger partial charge in [-0.05, 0) is 43.6 Å². The van der Waals surface area contributed by atoms with Crippen LogP contribution in [0.5, 0.6) is 0 Å². The Morgan fingerprint density at radius 1 is 1.09 bits per heavy atom. The van der Waals surface area contributed by atoms with Crippen LogP contribution in [0.2, 0.25) is 0 Å². The summed E-state index contributed by atoms with van der Waals surface area (Å²) in [6.45, 7) is 1.97. The zero-order valence-corrected chi connectivity index (χ0v) is 13.8. The molecule has 1 aromatic rings. The molecule has 1 aromatic carbocycles. The first-order valence-corrected chi connectivity index (χ1v) is 8.95. The molecule has 0 spiro atoms. The minimum absolute atomic E-state index is 0.127. The van der Waals surface area contributed by atoms with Crippen LogP contribution in [0.1, 0.15) is 37.7 Å². The largest absolute Gasteiger partial charge is 0.381 e. The zero-order valence-electron chi connectivity index (χ0n) is 13.8. The van der Waals surface area contributed by atoms with Crippen LogP contribution >= 0.6 is 0 Å². The highest BCUT2D eigenvalue weighted by Crippen LogP contribution is 2.28. The molecule has 0 radical (unpaired) electrons. The van der Waals surface area contributed by atoms with Crippen LogP contribution in [-0.4, -0.2) is 37.7 Å². The average molecular weight is 316 g/mol. The lowest BCUT2D eigenvalue weighted by molar-refractivity contribution is -0.121. The van der Waals surface area contributed by atoms with Crippen molar-refractivity contribution in [2.24, 2.45) is 5.92 Å². The Bertz CT molecular complexity index is 485. The molecule has 4 heteroatoms. The van der Waals surface area contributed by atoms with Crippen LogP contribution in [0.15, 0.2) is 30.3 Å². The van der Waals surface area contributed by atoms with Gasteiger partial charge in [0.05, 0.1) is 6.54 Å². The van der Waals surface area contributed by atoms with Gasteiger partial charge in [0.1, 0.15) is 0 Å². The third kappa shape index (κ3) is 5.05. The van der Waals surface area contributed by atoms with E-state index in [1.165, 1.54) is 24.8 Å². The summed E-state index contributed by atoms with van der Waals surface area (Å²) in [7, 11) is 0. The van der Waals surface area contributed by atoms with E-state index in [0.29, 0.717) is 24.5 Å². The van der Waals surface area contributed by atoms with Crippen molar-refractivity contribution >= 4 is 5.91 Å². The number of rotatable bonds is 6. The molecule has 1 amide bonds. The van der Waals surface area contributed by atoms with Crippen LogP contribution < -0.4 is 10.6 Å². The van der Waals surface area contributed by atoms with Crippen LogP contribution in [0.25, 0.3) is 0 Å². The summed E-state index contributed by atoms with van der Waals surface area (Å²) in [6, 6.07) is 11.4. The molecule has 1 heterocycles. The summed E-state index contributed by atoms with van der Waals surface area (Å²) in [5.41, 5.74) is 1.40. The molecule has 1 aliphatic carbocycles. The molecule has 126 valence electrons. The molecule has 1 saturated heterocycles. The maximum atomic E-state index is 12.1. The Morgan fingerprint density at radius 2 is 1.87 bits per heavy atom. The van der Waals surface area contributed by atoms with E-state index in [1.54, 1.807) is 0 Å². The standard InChI is InChI=1S/C19H28N2O2/c22-19(21-17-9-11-23-12-10-17)14-20-18-8-4-7-16(18)13-15-5-2-1-3-6-15/h1-3,5-6,16-18,20H,4,7-14H2,(H,21,22)/t16-,18-/m1/s1. The Hall–Kier alpha value is -1.39. The Kier molecular flexibility index (Phi) is 6.06. The van der Waals surface area contributed by atoms with E-state index in [-0.39, 0.29) is 5.91 Å². The summed E-state index contributed by atoms with van der Waals surface area (Å²) in [5, 5.41) is 6.62. The fourth-order valence-electron chi connectivity index (χ4n) is 3.81. The number of amides is 1. The number of hydrogen-bond donors (Lipinski definition) is 2. The molecular formula is C19H28N2O2. The van der Waals surface area contributed by atoms with Crippen molar-refractivity contribution in [3.8, 4) is 0 Å². The van der Waals surface area contributed by atoms with Gasteiger partial charge in [-0.25, -0.2) is 0 Å². The number of nitrogens with one attached hydrogen (secondary N) is 2. The van der Waals surface area contributed by atoms with Gasteiger partial charge in [0.15, 0.2) is 0 Å². The minimum atomic E-state index is 0.127. The van der Waals surface area contributed by atoms with E-state index >= 15 is 0 Å². The fraction of sp³-hybridized carbons (Fsp3) is 0.632. The average Bonchev–Trinajstić information content (AvgIpc) is 3.02. The van der Waals surface area contributed by atoms with E-state index in [2.05, 4.69) is 41.0 Å². The maximum absolute atomic E-state index is 12.1. The molecule has 2 aliphatic rings. The SMILES string of the molecule is O=C(CN[C@@H]1CCC[C@@H]1Cc1ccccc1)NC1CCOCC1. The summed E-state index contributed by atoms with van der Waals surface area (Å²) in [4.78, 5) is 12.1. The lowest BCUT2D eigenvalue weighted by Crippen LogP contribution is -2.45. The van der Waals surface area contributed by atoms with Crippen LogP contribution in [0, 0.1) is 5.92 Å². The molecular weight excluding hydrogens is 288 g/mol. The topological polar surface area (TPSA) is 50.4 Å². The van der Waals surface area contributed by atoms with Gasteiger partial charge < -0.3 is 15.4 Å². The highest BCUT2D eigenvalue weighted by atomic mass is 16.5. The maximum Gasteiger partial charge on any atom is 0.234 e. The molecule has 2 atom stereocenters. The van der Waals surface area contributed by atoms with Crippen molar-refractivity contribution in [2.45, 2.75) is 50.6 Å². The van der Waals surface area contributed by atoms with Crippen molar-refractivity contribution < 1.29 is 9.53 Å². The molecule has 0 aromatic heterocycles. The van der Waals surface area contributed by atoms with Crippen molar-refractivity contribution in [1.82, 2.24) is 10.6 Å². The van der Waals surface area contributed by atoms with Gasteiger partial charge in [0.25, 0.3) is 0 Å². The van der Waals surface area contributed by atoms with Gasteiger partial charge in [0.2, 0.25) is 5.91 Å². The number of ether oxygens (including phenoxy) is 1. The predicted octanol–water partition coefficient (Wildman–Crippen LogP) is 2.28. The van der Waals surface area contributed by atoms with Gasteiger partial charge in [-0.15, -0.1) is 0 Å². The third-order valence-corrected chi connectivity index (χ3v) is 5.11. The number of carbonyl (C=O) groups excluding carboxylic acids is 1. The quantitative estimate of drug-likeness (QED) is 0.846.